The second-order valence-corrected chi connectivity index (χ2v) is 6.45. The van der Waals surface area contributed by atoms with Crippen molar-refractivity contribution in [1.82, 2.24) is 4.98 Å². The predicted octanol–water partition coefficient (Wildman–Crippen LogP) is 3.49. The van der Waals surface area contributed by atoms with E-state index in [4.69, 9.17) is 0 Å². The van der Waals surface area contributed by atoms with Gasteiger partial charge in [-0.05, 0) is 35.8 Å². The molecule has 2 rings (SSSR count). The van der Waals surface area contributed by atoms with E-state index in [1.54, 1.807) is 0 Å². The minimum absolute atomic E-state index is 0.00603. The summed E-state index contributed by atoms with van der Waals surface area (Å²) in [6, 6.07) is 2.06. The van der Waals surface area contributed by atoms with E-state index in [1.807, 2.05) is 6.20 Å². The summed E-state index contributed by atoms with van der Waals surface area (Å²) in [6.45, 7) is 9.88. The maximum absolute atomic E-state index is 4.42. The lowest BCUT2D eigenvalue weighted by atomic mass is 9.75. The van der Waals surface area contributed by atoms with Gasteiger partial charge in [-0.25, -0.2) is 4.98 Å². The molecule has 3 nitrogen and oxygen atoms in total. The van der Waals surface area contributed by atoms with Crippen molar-refractivity contribution < 1.29 is 0 Å². The number of pyridine rings is 1. The fourth-order valence-corrected chi connectivity index (χ4v) is 2.01. The Labute approximate surface area is 105 Å². The van der Waals surface area contributed by atoms with Gasteiger partial charge < -0.3 is 10.6 Å². The molecular formula is C12H18BrN3. The maximum atomic E-state index is 4.42. The molecule has 1 aromatic heterocycles. The number of hydrogen-bond donors (Lipinski definition) is 2. The first-order valence-electron chi connectivity index (χ1n) is 5.49. The minimum Gasteiger partial charge on any atom is -0.381 e. The zero-order chi connectivity index (χ0) is 12.0. The van der Waals surface area contributed by atoms with E-state index in [-0.39, 0.29) is 11.0 Å². The highest BCUT2D eigenvalue weighted by molar-refractivity contribution is 9.10. The molecular weight excluding hydrogens is 266 g/mol. The van der Waals surface area contributed by atoms with Crippen molar-refractivity contribution in [3.8, 4) is 0 Å². The van der Waals surface area contributed by atoms with Gasteiger partial charge in [0.2, 0.25) is 0 Å². The number of rotatable bonds is 0. The average molecular weight is 284 g/mol. The van der Waals surface area contributed by atoms with Gasteiger partial charge in [0.05, 0.1) is 5.69 Å². The van der Waals surface area contributed by atoms with Gasteiger partial charge in [0, 0.05) is 28.2 Å². The molecule has 0 spiro atoms. The Balaban J connectivity index is 2.43. The van der Waals surface area contributed by atoms with Crippen LogP contribution in [-0.2, 0) is 0 Å². The molecule has 1 aliphatic heterocycles. The number of halogens is 1. The lowest BCUT2D eigenvalue weighted by Gasteiger charge is -2.40. The van der Waals surface area contributed by atoms with Gasteiger partial charge in [-0.1, -0.05) is 13.8 Å². The maximum Gasteiger partial charge on any atom is 0.149 e. The highest BCUT2D eigenvalue weighted by atomic mass is 79.9. The van der Waals surface area contributed by atoms with Crippen LogP contribution in [0.15, 0.2) is 16.7 Å². The smallest absolute Gasteiger partial charge is 0.149 e. The van der Waals surface area contributed by atoms with Crippen molar-refractivity contribution in [2.75, 3.05) is 17.2 Å². The molecule has 0 aromatic carbocycles. The van der Waals surface area contributed by atoms with Crippen molar-refractivity contribution in [2.24, 2.45) is 5.41 Å². The lowest BCUT2D eigenvalue weighted by molar-refractivity contribution is 0.245. The van der Waals surface area contributed by atoms with Crippen molar-refractivity contribution >= 4 is 27.4 Å². The molecule has 0 unspecified atom stereocenters. The highest BCUT2D eigenvalue weighted by Crippen LogP contribution is 2.39. The fraction of sp³-hybridized carbons (Fsp3) is 0.583. The largest absolute Gasteiger partial charge is 0.381 e. The van der Waals surface area contributed by atoms with Gasteiger partial charge in [0.25, 0.3) is 0 Å². The zero-order valence-electron chi connectivity index (χ0n) is 10.2. The third-order valence-electron chi connectivity index (χ3n) is 3.70. The number of nitrogens with zero attached hydrogens (tertiary/aromatic N) is 1. The number of anilines is 2. The molecule has 0 atom stereocenters. The molecule has 0 fully saturated rings. The van der Waals surface area contributed by atoms with Crippen LogP contribution in [0.4, 0.5) is 11.5 Å². The van der Waals surface area contributed by atoms with Gasteiger partial charge in [0.15, 0.2) is 0 Å². The standard InChI is InChI=1S/C12H18BrN3/c1-11(2)7-15-9-5-8(13)6-14-10(9)16-12(11,3)4/h5-6,15H,7H2,1-4H3,(H,14,16). The summed E-state index contributed by atoms with van der Waals surface area (Å²) >= 11 is 3.44. The molecule has 2 heterocycles. The predicted molar refractivity (Wildman–Crippen MR) is 71.9 cm³/mol. The Morgan fingerprint density at radius 3 is 2.69 bits per heavy atom. The summed E-state index contributed by atoms with van der Waals surface area (Å²) in [5.41, 5.74) is 1.22. The van der Waals surface area contributed by atoms with Gasteiger partial charge in [-0.3, -0.25) is 0 Å². The fourth-order valence-electron chi connectivity index (χ4n) is 1.68. The molecule has 1 aromatic rings. The zero-order valence-corrected chi connectivity index (χ0v) is 11.8. The van der Waals surface area contributed by atoms with Crippen LogP contribution >= 0.6 is 15.9 Å². The number of hydrogen-bond acceptors (Lipinski definition) is 3. The van der Waals surface area contributed by atoms with Gasteiger partial charge >= 0.3 is 0 Å². The summed E-state index contributed by atoms with van der Waals surface area (Å²) < 4.78 is 0.998. The van der Waals surface area contributed by atoms with E-state index < -0.39 is 0 Å². The van der Waals surface area contributed by atoms with Gasteiger partial charge in [-0.15, -0.1) is 0 Å². The molecule has 0 amide bonds. The molecule has 0 bridgehead atoms. The van der Waals surface area contributed by atoms with E-state index >= 15 is 0 Å². The lowest BCUT2D eigenvalue weighted by Crippen LogP contribution is -2.48. The van der Waals surface area contributed by atoms with E-state index in [1.165, 1.54) is 0 Å². The van der Waals surface area contributed by atoms with Crippen LogP contribution in [-0.4, -0.2) is 17.1 Å². The Hall–Kier alpha value is -0.770. The molecule has 0 saturated carbocycles. The number of nitrogens with one attached hydrogen (secondary N) is 2. The summed E-state index contributed by atoms with van der Waals surface area (Å²) in [6.07, 6.45) is 1.82. The number of fused-ring (bicyclic) bond motifs is 1. The van der Waals surface area contributed by atoms with Crippen molar-refractivity contribution in [3.63, 3.8) is 0 Å². The van der Waals surface area contributed by atoms with Crippen LogP contribution in [0.3, 0.4) is 0 Å². The van der Waals surface area contributed by atoms with Gasteiger partial charge in [0.1, 0.15) is 5.82 Å². The second-order valence-electron chi connectivity index (χ2n) is 5.54. The molecule has 0 radical (unpaired) electrons. The Morgan fingerprint density at radius 1 is 1.31 bits per heavy atom. The monoisotopic (exact) mass is 283 g/mol. The summed E-state index contributed by atoms with van der Waals surface area (Å²) in [7, 11) is 0. The van der Waals surface area contributed by atoms with Crippen LogP contribution in [0.5, 0.6) is 0 Å². The molecule has 0 aliphatic carbocycles. The Kier molecular flexibility index (Phi) is 2.65. The van der Waals surface area contributed by atoms with Crippen LogP contribution in [0.2, 0.25) is 0 Å². The Morgan fingerprint density at radius 2 is 2.00 bits per heavy atom. The first kappa shape index (κ1) is 11.7. The van der Waals surface area contributed by atoms with Crippen molar-refractivity contribution in [2.45, 2.75) is 33.2 Å². The normalized spacial score (nSPS) is 21.3. The first-order chi connectivity index (χ1) is 7.32. The molecule has 0 saturated heterocycles. The SMILES string of the molecule is CC1(C)CNc2cc(Br)cnc2NC1(C)C. The first-order valence-corrected chi connectivity index (χ1v) is 6.29. The van der Waals surface area contributed by atoms with Crippen LogP contribution < -0.4 is 10.6 Å². The summed E-state index contributed by atoms with van der Waals surface area (Å²) in [5.74, 6) is 0.929. The van der Waals surface area contributed by atoms with E-state index in [0.717, 1.165) is 22.5 Å². The van der Waals surface area contributed by atoms with Gasteiger partial charge in [-0.2, -0.15) is 0 Å². The summed E-state index contributed by atoms with van der Waals surface area (Å²) in [4.78, 5) is 4.42. The van der Waals surface area contributed by atoms with E-state index in [0.29, 0.717) is 0 Å². The van der Waals surface area contributed by atoms with E-state index in [2.05, 4.69) is 65.3 Å². The molecule has 2 N–H and O–H groups in total. The third-order valence-corrected chi connectivity index (χ3v) is 4.13. The quantitative estimate of drug-likeness (QED) is 0.765. The molecule has 4 heteroatoms. The molecule has 16 heavy (non-hydrogen) atoms. The van der Waals surface area contributed by atoms with Crippen molar-refractivity contribution in [3.05, 3.63) is 16.7 Å². The Bertz CT molecular complexity index is 413. The van der Waals surface area contributed by atoms with Crippen LogP contribution in [0, 0.1) is 5.41 Å². The van der Waals surface area contributed by atoms with Crippen LogP contribution in [0.1, 0.15) is 27.7 Å². The van der Waals surface area contributed by atoms with Crippen LogP contribution in [0.25, 0.3) is 0 Å². The number of aromatic nitrogens is 1. The third kappa shape index (κ3) is 1.90. The molecule has 1 aliphatic rings. The summed E-state index contributed by atoms with van der Waals surface area (Å²) in [5, 5.41) is 6.98. The highest BCUT2D eigenvalue weighted by Gasteiger charge is 2.39. The van der Waals surface area contributed by atoms with E-state index in [9.17, 15) is 0 Å². The topological polar surface area (TPSA) is 37.0 Å². The van der Waals surface area contributed by atoms with Crippen molar-refractivity contribution in [1.29, 1.82) is 0 Å². The average Bonchev–Trinajstić information content (AvgIpc) is 2.25. The molecule has 88 valence electrons. The second kappa shape index (κ2) is 3.62. The minimum atomic E-state index is 0.00603.